The van der Waals surface area contributed by atoms with E-state index in [9.17, 15) is 9.59 Å². The lowest BCUT2D eigenvalue weighted by molar-refractivity contribution is -0.923. The Morgan fingerprint density at radius 2 is 0.923 bits per heavy atom. The van der Waals surface area contributed by atoms with Crippen LogP contribution in [-0.2, 0) is 6.54 Å². The standard InChI is InChI=1S/C36H54NO2/c1-4-6-8-10-12-14-16-20-26-37(3,27-21-17-15-13-11-9-7-5-2)29-30-24-25-33-34(28-30)36(39)32-23-19-18-22-31(32)35(33)38/h18-19,22-25,28H,4-17,20-21,26-27,29H2,1-3H3/q+1. The molecule has 0 radical (unpaired) electrons. The zero-order valence-electron chi connectivity index (χ0n) is 25.2. The highest BCUT2D eigenvalue weighted by molar-refractivity contribution is 6.28. The summed E-state index contributed by atoms with van der Waals surface area (Å²) in [6, 6.07) is 13.3. The Labute approximate surface area is 239 Å². The lowest BCUT2D eigenvalue weighted by Gasteiger charge is -2.35. The van der Waals surface area contributed by atoms with Crippen molar-refractivity contribution in [1.29, 1.82) is 0 Å². The van der Waals surface area contributed by atoms with Gasteiger partial charge >= 0.3 is 0 Å². The quantitative estimate of drug-likeness (QED) is 0.107. The van der Waals surface area contributed by atoms with Crippen LogP contribution >= 0.6 is 0 Å². The number of rotatable bonds is 20. The molecular formula is C36H54NO2+. The molecule has 0 bridgehead atoms. The third-order valence-electron chi connectivity index (χ3n) is 8.66. The van der Waals surface area contributed by atoms with Gasteiger partial charge in [0.15, 0.2) is 11.6 Å². The van der Waals surface area contributed by atoms with Crippen molar-refractivity contribution in [2.45, 2.75) is 123 Å². The van der Waals surface area contributed by atoms with Crippen molar-refractivity contribution < 1.29 is 14.1 Å². The van der Waals surface area contributed by atoms with Crippen molar-refractivity contribution in [3.05, 3.63) is 70.3 Å². The van der Waals surface area contributed by atoms with Crippen LogP contribution in [-0.4, -0.2) is 36.2 Å². The minimum atomic E-state index is -0.0260. The van der Waals surface area contributed by atoms with Crippen molar-refractivity contribution in [2.75, 3.05) is 20.1 Å². The van der Waals surface area contributed by atoms with Gasteiger partial charge in [0.05, 0.1) is 20.1 Å². The number of hydrogen-bond acceptors (Lipinski definition) is 2. The topological polar surface area (TPSA) is 34.1 Å². The number of benzene rings is 2. The van der Waals surface area contributed by atoms with E-state index in [4.69, 9.17) is 0 Å². The first-order valence-electron chi connectivity index (χ1n) is 16.1. The average molecular weight is 533 g/mol. The molecule has 39 heavy (non-hydrogen) atoms. The Balaban J connectivity index is 1.61. The summed E-state index contributed by atoms with van der Waals surface area (Å²) in [4.78, 5) is 26.4. The molecule has 2 aromatic rings. The van der Waals surface area contributed by atoms with Gasteiger partial charge in [-0.1, -0.05) is 121 Å². The fourth-order valence-electron chi connectivity index (χ4n) is 6.21. The molecule has 0 atom stereocenters. The molecule has 1 aliphatic rings. The van der Waals surface area contributed by atoms with Gasteiger partial charge < -0.3 is 4.48 Å². The van der Waals surface area contributed by atoms with Crippen LogP contribution in [0.15, 0.2) is 42.5 Å². The van der Waals surface area contributed by atoms with Gasteiger partial charge in [0.25, 0.3) is 0 Å². The third kappa shape index (κ3) is 9.71. The van der Waals surface area contributed by atoms with E-state index in [1.165, 1.54) is 121 Å². The van der Waals surface area contributed by atoms with Gasteiger partial charge in [0, 0.05) is 27.8 Å². The second-order valence-electron chi connectivity index (χ2n) is 12.3. The molecule has 0 saturated carbocycles. The van der Waals surface area contributed by atoms with Gasteiger partial charge in [-0.2, -0.15) is 0 Å². The summed E-state index contributed by atoms with van der Waals surface area (Å²) in [5, 5.41) is 0. The predicted octanol–water partition coefficient (Wildman–Crippen LogP) is 9.69. The Kier molecular flexibility index (Phi) is 13.4. The third-order valence-corrected chi connectivity index (χ3v) is 8.66. The number of carbonyl (C=O) groups is 2. The SMILES string of the molecule is CCCCCCCCCC[N+](C)(CCCCCCCCCC)Cc1ccc2c(c1)C(=O)c1ccccc1C2=O. The molecule has 214 valence electrons. The maximum Gasteiger partial charge on any atom is 0.194 e. The Bertz CT molecular complexity index is 1020. The van der Waals surface area contributed by atoms with Crippen LogP contribution in [0.5, 0.6) is 0 Å². The van der Waals surface area contributed by atoms with E-state index in [1.807, 2.05) is 24.3 Å². The molecule has 0 heterocycles. The summed E-state index contributed by atoms with van der Waals surface area (Å²) in [5.74, 6) is -0.0377. The molecular weight excluding hydrogens is 478 g/mol. The fraction of sp³-hybridized carbons (Fsp3) is 0.611. The number of unbranched alkanes of at least 4 members (excludes halogenated alkanes) is 14. The second kappa shape index (κ2) is 16.8. The number of ketones is 2. The molecule has 0 aliphatic heterocycles. The predicted molar refractivity (Wildman–Crippen MR) is 165 cm³/mol. The van der Waals surface area contributed by atoms with Gasteiger partial charge in [-0.15, -0.1) is 0 Å². The first-order chi connectivity index (χ1) is 19.0. The molecule has 3 heteroatoms. The first-order valence-corrected chi connectivity index (χ1v) is 16.1. The second-order valence-corrected chi connectivity index (χ2v) is 12.3. The maximum atomic E-state index is 13.3. The summed E-state index contributed by atoms with van der Waals surface area (Å²) in [6.45, 7) is 7.83. The van der Waals surface area contributed by atoms with E-state index in [2.05, 4.69) is 27.0 Å². The van der Waals surface area contributed by atoms with Gasteiger partial charge in [-0.3, -0.25) is 9.59 Å². The van der Waals surface area contributed by atoms with Crippen molar-refractivity contribution in [3.8, 4) is 0 Å². The van der Waals surface area contributed by atoms with Gasteiger partial charge in [0.1, 0.15) is 6.54 Å². The first kappa shape index (κ1) is 31.3. The zero-order valence-corrected chi connectivity index (χ0v) is 25.2. The molecule has 3 nitrogen and oxygen atoms in total. The molecule has 0 saturated heterocycles. The summed E-state index contributed by atoms with van der Waals surface area (Å²) in [6.07, 6.45) is 21.4. The lowest BCUT2D eigenvalue weighted by Crippen LogP contribution is -2.44. The van der Waals surface area contributed by atoms with Gasteiger partial charge in [-0.25, -0.2) is 0 Å². The number of hydrogen-bond donors (Lipinski definition) is 0. The Morgan fingerprint density at radius 1 is 0.513 bits per heavy atom. The van der Waals surface area contributed by atoms with Crippen LogP contribution < -0.4 is 0 Å². The van der Waals surface area contributed by atoms with Crippen molar-refractivity contribution >= 4 is 11.6 Å². The molecule has 0 unspecified atom stereocenters. The Hall–Kier alpha value is -2.26. The number of quaternary nitrogens is 1. The number of carbonyl (C=O) groups excluding carboxylic acids is 2. The molecule has 0 N–H and O–H groups in total. The van der Waals surface area contributed by atoms with Crippen molar-refractivity contribution in [2.24, 2.45) is 0 Å². The highest BCUT2D eigenvalue weighted by Crippen LogP contribution is 2.29. The lowest BCUT2D eigenvalue weighted by atomic mass is 9.83. The average Bonchev–Trinajstić information content (AvgIpc) is 2.94. The van der Waals surface area contributed by atoms with Crippen LogP contribution in [0, 0.1) is 0 Å². The monoisotopic (exact) mass is 532 g/mol. The van der Waals surface area contributed by atoms with E-state index in [1.54, 1.807) is 12.1 Å². The molecule has 0 aromatic heterocycles. The van der Waals surface area contributed by atoms with E-state index < -0.39 is 0 Å². The van der Waals surface area contributed by atoms with Crippen LogP contribution in [0.25, 0.3) is 0 Å². The van der Waals surface area contributed by atoms with Crippen molar-refractivity contribution in [1.82, 2.24) is 0 Å². The van der Waals surface area contributed by atoms with Crippen LogP contribution in [0.4, 0.5) is 0 Å². The van der Waals surface area contributed by atoms with Crippen LogP contribution in [0.3, 0.4) is 0 Å². The van der Waals surface area contributed by atoms with E-state index in [0.29, 0.717) is 22.3 Å². The summed E-state index contributed by atoms with van der Waals surface area (Å²) in [5.41, 5.74) is 3.40. The molecule has 2 aromatic carbocycles. The summed E-state index contributed by atoms with van der Waals surface area (Å²) >= 11 is 0. The molecule has 3 rings (SSSR count). The number of nitrogens with zero attached hydrogens (tertiary/aromatic N) is 1. The van der Waals surface area contributed by atoms with E-state index in [0.717, 1.165) is 11.0 Å². The van der Waals surface area contributed by atoms with Gasteiger partial charge in [0.2, 0.25) is 0 Å². The minimum absolute atomic E-state index is 0.0117. The fourth-order valence-corrected chi connectivity index (χ4v) is 6.21. The van der Waals surface area contributed by atoms with Crippen molar-refractivity contribution in [3.63, 3.8) is 0 Å². The highest BCUT2D eigenvalue weighted by Gasteiger charge is 2.30. The molecule has 0 amide bonds. The van der Waals surface area contributed by atoms with E-state index >= 15 is 0 Å². The highest BCUT2D eigenvalue weighted by atomic mass is 16.1. The molecule has 1 aliphatic carbocycles. The molecule has 0 spiro atoms. The summed E-state index contributed by atoms with van der Waals surface area (Å²) < 4.78 is 1.02. The zero-order chi connectivity index (χ0) is 27.9. The minimum Gasteiger partial charge on any atom is -0.322 e. The number of fused-ring (bicyclic) bond motifs is 2. The smallest absolute Gasteiger partial charge is 0.194 e. The maximum absolute atomic E-state index is 13.3. The van der Waals surface area contributed by atoms with Crippen LogP contribution in [0.2, 0.25) is 0 Å². The summed E-state index contributed by atoms with van der Waals surface area (Å²) in [7, 11) is 2.41. The Morgan fingerprint density at radius 3 is 1.41 bits per heavy atom. The normalized spacial score (nSPS) is 13.0. The van der Waals surface area contributed by atoms with Gasteiger partial charge in [-0.05, 0) is 37.8 Å². The van der Waals surface area contributed by atoms with Crippen LogP contribution in [0.1, 0.15) is 154 Å². The molecule has 0 fully saturated rings. The van der Waals surface area contributed by atoms with E-state index in [-0.39, 0.29) is 11.6 Å². The largest absolute Gasteiger partial charge is 0.322 e.